The summed E-state index contributed by atoms with van der Waals surface area (Å²) in [5.41, 5.74) is 2.46. The van der Waals surface area contributed by atoms with Gasteiger partial charge in [0, 0.05) is 11.0 Å². The van der Waals surface area contributed by atoms with Gasteiger partial charge < -0.3 is 4.74 Å². The fraction of sp³-hybridized carbons (Fsp3) is 0.360. The number of hydrogen-bond acceptors (Lipinski definition) is 5. The maximum absolute atomic E-state index is 12.6. The molecule has 3 rings (SSSR count). The van der Waals surface area contributed by atoms with Gasteiger partial charge in [-0.15, -0.1) is 0 Å². The summed E-state index contributed by atoms with van der Waals surface area (Å²) in [6, 6.07) is 18.7. The molecule has 0 bridgehead atoms. The van der Waals surface area contributed by atoms with Gasteiger partial charge >= 0.3 is 5.97 Å². The van der Waals surface area contributed by atoms with Gasteiger partial charge in [0.15, 0.2) is 0 Å². The molecule has 1 atom stereocenters. The first-order valence-electron chi connectivity index (χ1n) is 10.7. The van der Waals surface area contributed by atoms with Crippen LogP contribution in [-0.2, 0) is 19.6 Å². The zero-order valence-corrected chi connectivity index (χ0v) is 19.8. The van der Waals surface area contributed by atoms with E-state index in [9.17, 15) is 13.2 Å². The van der Waals surface area contributed by atoms with Crippen LogP contribution in [0, 0.1) is 5.41 Å². The summed E-state index contributed by atoms with van der Waals surface area (Å²) in [4.78, 5) is 12.6. The van der Waals surface area contributed by atoms with Crippen LogP contribution in [0.5, 0.6) is 0 Å². The maximum atomic E-state index is 12.6. The van der Waals surface area contributed by atoms with Gasteiger partial charge in [-0.05, 0) is 37.0 Å². The number of carbonyl (C=O) groups is 1. The van der Waals surface area contributed by atoms with Gasteiger partial charge in [-0.25, -0.2) is 13.2 Å². The van der Waals surface area contributed by atoms with E-state index in [0.29, 0.717) is 18.4 Å². The van der Waals surface area contributed by atoms with Gasteiger partial charge in [0.25, 0.3) is 0 Å². The molecule has 1 aliphatic rings. The third-order valence-electron chi connectivity index (χ3n) is 5.66. The Bertz CT molecular complexity index is 1110. The Morgan fingerprint density at radius 3 is 2.25 bits per heavy atom. The quantitative estimate of drug-likeness (QED) is 0.435. The summed E-state index contributed by atoms with van der Waals surface area (Å²) in [5, 5.41) is 4.53. The van der Waals surface area contributed by atoms with Crippen molar-refractivity contribution in [1.82, 2.24) is 4.41 Å². The Balaban J connectivity index is 1.92. The van der Waals surface area contributed by atoms with Gasteiger partial charge in [0.2, 0.25) is 10.0 Å². The van der Waals surface area contributed by atoms with Crippen LogP contribution in [0.2, 0.25) is 0 Å². The van der Waals surface area contributed by atoms with Crippen molar-refractivity contribution in [3.8, 4) is 0 Å². The molecule has 0 fully saturated rings. The maximum Gasteiger partial charge on any atom is 0.334 e. The largest absolute Gasteiger partial charge is 0.463 e. The molecule has 0 saturated carbocycles. The van der Waals surface area contributed by atoms with Gasteiger partial charge in [-0.1, -0.05) is 74.5 Å². The number of esters is 1. The fourth-order valence-corrected chi connectivity index (χ4v) is 5.09. The smallest absolute Gasteiger partial charge is 0.334 e. The van der Waals surface area contributed by atoms with Gasteiger partial charge in [-0.3, -0.25) is 0 Å². The van der Waals surface area contributed by atoms with E-state index in [0.717, 1.165) is 16.8 Å². The molecule has 2 aromatic carbocycles. The van der Waals surface area contributed by atoms with E-state index in [1.807, 2.05) is 80.6 Å². The molecule has 0 aromatic heterocycles. The van der Waals surface area contributed by atoms with Crippen molar-refractivity contribution < 1.29 is 17.9 Å². The normalized spacial score (nSPS) is 18.4. The van der Waals surface area contributed by atoms with E-state index in [-0.39, 0.29) is 12.6 Å². The molecule has 6 nitrogen and oxygen atoms in total. The van der Waals surface area contributed by atoms with Crippen LogP contribution in [0.15, 0.2) is 71.3 Å². The third kappa shape index (κ3) is 5.27. The van der Waals surface area contributed by atoms with Crippen LogP contribution in [0.4, 0.5) is 0 Å². The molecule has 32 heavy (non-hydrogen) atoms. The number of hydrazone groups is 1. The minimum atomic E-state index is -3.59. The number of hydrogen-bond donors (Lipinski definition) is 0. The second kappa shape index (κ2) is 9.69. The zero-order valence-electron chi connectivity index (χ0n) is 19.0. The number of benzene rings is 2. The molecule has 0 saturated heterocycles. The van der Waals surface area contributed by atoms with Crippen LogP contribution in [-0.4, -0.2) is 43.4 Å². The number of rotatable bonds is 8. The lowest BCUT2D eigenvalue weighted by Gasteiger charge is -2.32. The summed E-state index contributed by atoms with van der Waals surface area (Å²) in [7, 11) is -3.59. The lowest BCUT2D eigenvalue weighted by Crippen LogP contribution is -2.42. The van der Waals surface area contributed by atoms with E-state index in [4.69, 9.17) is 4.74 Å². The Hall–Kier alpha value is -2.93. The van der Waals surface area contributed by atoms with Crippen molar-refractivity contribution in [2.24, 2.45) is 10.5 Å². The van der Waals surface area contributed by atoms with Crippen LogP contribution in [0.3, 0.4) is 0 Å². The molecule has 2 aromatic rings. The molecule has 0 spiro atoms. The number of carbonyl (C=O) groups excluding carboxylic acids is 1. The number of ether oxygens (including phenoxy) is 1. The molecular formula is C25H30N2O4S. The second-order valence-corrected chi connectivity index (χ2v) is 10.3. The van der Waals surface area contributed by atoms with E-state index in [1.54, 1.807) is 6.92 Å². The van der Waals surface area contributed by atoms with Crippen LogP contribution >= 0.6 is 0 Å². The predicted molar refractivity (Wildman–Crippen MR) is 128 cm³/mol. The minimum Gasteiger partial charge on any atom is -0.463 e. The van der Waals surface area contributed by atoms with Crippen LogP contribution in [0.1, 0.15) is 44.7 Å². The first-order valence-corrected chi connectivity index (χ1v) is 12.6. The third-order valence-corrected chi connectivity index (χ3v) is 6.68. The van der Waals surface area contributed by atoms with E-state index in [2.05, 4.69) is 5.10 Å². The van der Waals surface area contributed by atoms with Gasteiger partial charge in [0.05, 0.1) is 24.6 Å². The van der Waals surface area contributed by atoms with Crippen molar-refractivity contribution in [2.75, 3.05) is 12.9 Å². The first kappa shape index (κ1) is 23.7. The van der Waals surface area contributed by atoms with E-state index < -0.39 is 21.5 Å². The van der Waals surface area contributed by atoms with Crippen molar-refractivity contribution in [3.63, 3.8) is 0 Å². The Kier molecular flexibility index (Phi) is 7.19. The first-order chi connectivity index (χ1) is 15.1. The predicted octanol–water partition coefficient (Wildman–Crippen LogP) is 4.49. The highest BCUT2D eigenvalue weighted by molar-refractivity contribution is 7.88. The molecule has 0 amide bonds. The Labute approximate surface area is 190 Å². The Morgan fingerprint density at radius 1 is 1.09 bits per heavy atom. The molecule has 1 aliphatic heterocycles. The molecule has 0 unspecified atom stereocenters. The molecule has 0 radical (unpaired) electrons. The van der Waals surface area contributed by atoms with Crippen LogP contribution in [0.25, 0.3) is 6.08 Å². The summed E-state index contributed by atoms with van der Waals surface area (Å²) >= 11 is 0. The summed E-state index contributed by atoms with van der Waals surface area (Å²) in [6.07, 6.45) is 3.77. The highest BCUT2D eigenvalue weighted by atomic mass is 32.2. The summed E-state index contributed by atoms with van der Waals surface area (Å²) in [5.74, 6) is -0.387. The highest BCUT2D eigenvalue weighted by Crippen LogP contribution is 2.40. The average Bonchev–Trinajstić information content (AvgIpc) is 3.03. The SMILES string of the molecule is CCOC(=O)/C(=C/c1ccccc1)CC[C@@H]1N(S(C)(=O)=O)N=C(c2ccccc2)C1(C)C. The van der Waals surface area contributed by atoms with Gasteiger partial charge in [0.1, 0.15) is 0 Å². The van der Waals surface area contributed by atoms with Crippen molar-refractivity contribution in [2.45, 2.75) is 39.7 Å². The number of nitrogens with zero attached hydrogens (tertiary/aromatic N) is 2. The fourth-order valence-electron chi connectivity index (χ4n) is 4.03. The van der Waals surface area contributed by atoms with Gasteiger partial charge in [-0.2, -0.15) is 9.52 Å². The standard InChI is InChI=1S/C25H30N2O4S/c1-5-31-24(28)21(18-19-12-8-6-9-13-19)16-17-22-25(2,3)23(20-14-10-7-11-15-20)26-27(22)32(4,29)30/h6-15,18,22H,5,16-17H2,1-4H3/b21-18+/t22-/m0/s1. The van der Waals surface area contributed by atoms with Crippen molar-refractivity contribution >= 4 is 27.8 Å². The molecule has 0 N–H and O–H groups in total. The highest BCUT2D eigenvalue weighted by Gasteiger charge is 2.47. The average molecular weight is 455 g/mol. The van der Waals surface area contributed by atoms with Crippen LogP contribution < -0.4 is 0 Å². The molecule has 170 valence electrons. The second-order valence-electron chi connectivity index (χ2n) is 8.43. The summed E-state index contributed by atoms with van der Waals surface area (Å²) < 4.78 is 31.7. The lowest BCUT2D eigenvalue weighted by molar-refractivity contribution is -0.138. The minimum absolute atomic E-state index is 0.274. The monoisotopic (exact) mass is 454 g/mol. The van der Waals surface area contributed by atoms with Crippen molar-refractivity contribution in [1.29, 1.82) is 0 Å². The van der Waals surface area contributed by atoms with Crippen molar-refractivity contribution in [3.05, 3.63) is 77.4 Å². The molecule has 1 heterocycles. The Morgan fingerprint density at radius 2 is 1.69 bits per heavy atom. The molecular weight excluding hydrogens is 424 g/mol. The molecule has 7 heteroatoms. The van der Waals surface area contributed by atoms with E-state index >= 15 is 0 Å². The zero-order chi connectivity index (χ0) is 23.4. The lowest BCUT2D eigenvalue weighted by atomic mass is 9.76. The number of sulfonamides is 1. The topological polar surface area (TPSA) is 76.0 Å². The summed E-state index contributed by atoms with van der Waals surface area (Å²) in [6.45, 7) is 6.04. The molecule has 0 aliphatic carbocycles. The van der Waals surface area contributed by atoms with E-state index in [1.165, 1.54) is 10.7 Å².